The van der Waals surface area contributed by atoms with E-state index < -0.39 is 5.63 Å². The minimum atomic E-state index is -0.436. The molecule has 5 heteroatoms. The van der Waals surface area contributed by atoms with Crippen LogP contribution in [-0.2, 0) is 16.1 Å². The summed E-state index contributed by atoms with van der Waals surface area (Å²) in [6, 6.07) is 6.57. The van der Waals surface area contributed by atoms with Crippen LogP contribution in [0.15, 0.2) is 33.5 Å². The van der Waals surface area contributed by atoms with Crippen LogP contribution in [0.25, 0.3) is 11.0 Å². The van der Waals surface area contributed by atoms with E-state index in [1.54, 1.807) is 25.3 Å². The van der Waals surface area contributed by atoms with Gasteiger partial charge in [0.15, 0.2) is 0 Å². The van der Waals surface area contributed by atoms with Crippen molar-refractivity contribution in [3.8, 4) is 0 Å². The number of benzene rings is 1. The van der Waals surface area contributed by atoms with Gasteiger partial charge in [-0.15, -0.1) is 0 Å². The average molecular weight is 247 g/mol. The SMILES string of the molecule is COCc1cc(=O)oc2cc(NC(C)=O)ccc12. The number of nitrogens with one attached hydrogen (secondary N) is 1. The van der Waals surface area contributed by atoms with Crippen LogP contribution >= 0.6 is 0 Å². The first-order valence-electron chi connectivity index (χ1n) is 5.43. The molecule has 94 valence electrons. The second-order valence-corrected chi connectivity index (χ2v) is 3.92. The Balaban J connectivity index is 2.56. The van der Waals surface area contributed by atoms with Gasteiger partial charge in [-0.05, 0) is 17.7 Å². The van der Waals surface area contributed by atoms with Crippen molar-refractivity contribution in [1.29, 1.82) is 0 Å². The number of ether oxygens (including phenoxy) is 1. The number of amides is 1. The van der Waals surface area contributed by atoms with Gasteiger partial charge in [0.05, 0.1) is 6.61 Å². The first-order valence-corrected chi connectivity index (χ1v) is 5.43. The Morgan fingerprint density at radius 1 is 1.39 bits per heavy atom. The van der Waals surface area contributed by atoms with Crippen molar-refractivity contribution in [3.05, 3.63) is 40.2 Å². The molecule has 1 aromatic heterocycles. The third-order valence-electron chi connectivity index (χ3n) is 2.45. The fourth-order valence-corrected chi connectivity index (χ4v) is 1.79. The summed E-state index contributed by atoms with van der Waals surface area (Å²) >= 11 is 0. The van der Waals surface area contributed by atoms with Crippen LogP contribution in [-0.4, -0.2) is 13.0 Å². The zero-order valence-corrected chi connectivity index (χ0v) is 10.1. The standard InChI is InChI=1S/C13H13NO4/c1-8(15)14-10-3-4-11-9(7-17-2)5-13(16)18-12(11)6-10/h3-6H,7H2,1-2H3,(H,14,15). The molecule has 0 aliphatic carbocycles. The number of hydrogen-bond donors (Lipinski definition) is 1. The third-order valence-corrected chi connectivity index (χ3v) is 2.45. The number of anilines is 1. The molecule has 1 N–H and O–H groups in total. The molecule has 1 heterocycles. The van der Waals surface area contributed by atoms with Gasteiger partial charge in [0.25, 0.3) is 0 Å². The van der Waals surface area contributed by atoms with Crippen molar-refractivity contribution >= 4 is 22.6 Å². The summed E-state index contributed by atoms with van der Waals surface area (Å²) < 4.78 is 10.1. The summed E-state index contributed by atoms with van der Waals surface area (Å²) in [5.74, 6) is -0.176. The maximum absolute atomic E-state index is 11.4. The molecule has 0 fully saturated rings. The Hall–Kier alpha value is -2.14. The van der Waals surface area contributed by atoms with Crippen LogP contribution in [0.4, 0.5) is 5.69 Å². The fourth-order valence-electron chi connectivity index (χ4n) is 1.79. The second-order valence-electron chi connectivity index (χ2n) is 3.92. The van der Waals surface area contributed by atoms with Crippen molar-refractivity contribution in [1.82, 2.24) is 0 Å². The molecular formula is C13H13NO4. The molecule has 2 aromatic rings. The van der Waals surface area contributed by atoms with Crippen LogP contribution in [0, 0.1) is 0 Å². The van der Waals surface area contributed by atoms with Crippen molar-refractivity contribution in [3.63, 3.8) is 0 Å². The summed E-state index contributed by atoms with van der Waals surface area (Å²) in [5.41, 5.74) is 1.35. The molecule has 1 aromatic carbocycles. The van der Waals surface area contributed by atoms with E-state index in [0.717, 1.165) is 10.9 Å². The summed E-state index contributed by atoms with van der Waals surface area (Å²) in [6.45, 7) is 1.75. The fraction of sp³-hybridized carbons (Fsp3) is 0.231. The number of carbonyl (C=O) groups excluding carboxylic acids is 1. The van der Waals surface area contributed by atoms with Crippen LogP contribution in [0.3, 0.4) is 0 Å². The van der Waals surface area contributed by atoms with E-state index in [0.29, 0.717) is 17.9 Å². The zero-order chi connectivity index (χ0) is 13.1. The zero-order valence-electron chi connectivity index (χ0n) is 10.1. The number of methoxy groups -OCH3 is 1. The smallest absolute Gasteiger partial charge is 0.336 e. The van der Waals surface area contributed by atoms with Gasteiger partial charge in [-0.3, -0.25) is 4.79 Å². The van der Waals surface area contributed by atoms with E-state index in [4.69, 9.17) is 9.15 Å². The first-order chi connectivity index (χ1) is 8.60. The van der Waals surface area contributed by atoms with Crippen molar-refractivity contribution in [2.75, 3.05) is 12.4 Å². The van der Waals surface area contributed by atoms with Crippen molar-refractivity contribution < 1.29 is 13.9 Å². The lowest BCUT2D eigenvalue weighted by atomic mass is 10.1. The van der Waals surface area contributed by atoms with Gasteiger partial charge in [0.2, 0.25) is 5.91 Å². The molecule has 0 aliphatic rings. The molecular weight excluding hydrogens is 234 g/mol. The van der Waals surface area contributed by atoms with Crippen LogP contribution in [0.1, 0.15) is 12.5 Å². The number of fused-ring (bicyclic) bond motifs is 1. The molecule has 0 unspecified atom stereocenters. The quantitative estimate of drug-likeness (QED) is 0.841. The van der Waals surface area contributed by atoms with E-state index in [9.17, 15) is 9.59 Å². The Labute approximate surface area is 103 Å². The molecule has 2 rings (SSSR count). The molecule has 0 bridgehead atoms. The average Bonchev–Trinajstić information content (AvgIpc) is 2.27. The Morgan fingerprint density at radius 2 is 2.17 bits per heavy atom. The van der Waals surface area contributed by atoms with Crippen LogP contribution in [0.5, 0.6) is 0 Å². The van der Waals surface area contributed by atoms with Gasteiger partial charge in [-0.1, -0.05) is 0 Å². The monoisotopic (exact) mass is 247 g/mol. The largest absolute Gasteiger partial charge is 0.423 e. The maximum Gasteiger partial charge on any atom is 0.336 e. The lowest BCUT2D eigenvalue weighted by Gasteiger charge is -2.06. The highest BCUT2D eigenvalue weighted by molar-refractivity contribution is 5.92. The molecule has 0 saturated heterocycles. The third kappa shape index (κ3) is 2.57. The molecule has 18 heavy (non-hydrogen) atoms. The summed E-state index contributed by atoms with van der Waals surface area (Å²) in [6.07, 6.45) is 0. The highest BCUT2D eigenvalue weighted by Gasteiger charge is 2.06. The van der Waals surface area contributed by atoms with Gasteiger partial charge in [-0.2, -0.15) is 0 Å². The summed E-state index contributed by atoms with van der Waals surface area (Å²) in [5, 5.41) is 3.43. The summed E-state index contributed by atoms with van der Waals surface area (Å²) in [4.78, 5) is 22.4. The second kappa shape index (κ2) is 5.01. The maximum atomic E-state index is 11.4. The van der Waals surface area contributed by atoms with E-state index in [1.165, 1.54) is 13.0 Å². The van der Waals surface area contributed by atoms with E-state index >= 15 is 0 Å². The Morgan fingerprint density at radius 3 is 2.83 bits per heavy atom. The molecule has 0 spiro atoms. The number of rotatable bonds is 3. The Bertz CT molecular complexity index is 645. The number of hydrogen-bond acceptors (Lipinski definition) is 4. The highest BCUT2D eigenvalue weighted by Crippen LogP contribution is 2.21. The molecule has 0 saturated carbocycles. The van der Waals surface area contributed by atoms with E-state index in [2.05, 4.69) is 5.32 Å². The first kappa shape index (κ1) is 12.3. The van der Waals surface area contributed by atoms with E-state index in [-0.39, 0.29) is 5.91 Å². The number of carbonyl (C=O) groups is 1. The minimum Gasteiger partial charge on any atom is -0.423 e. The lowest BCUT2D eigenvalue weighted by Crippen LogP contribution is -2.06. The van der Waals surface area contributed by atoms with Gasteiger partial charge in [0, 0.05) is 37.2 Å². The van der Waals surface area contributed by atoms with Crippen molar-refractivity contribution in [2.45, 2.75) is 13.5 Å². The Kier molecular flexibility index (Phi) is 3.43. The van der Waals surface area contributed by atoms with Crippen LogP contribution < -0.4 is 10.9 Å². The topological polar surface area (TPSA) is 68.5 Å². The molecule has 5 nitrogen and oxygen atoms in total. The molecule has 0 aliphatic heterocycles. The van der Waals surface area contributed by atoms with Crippen LogP contribution in [0.2, 0.25) is 0 Å². The lowest BCUT2D eigenvalue weighted by molar-refractivity contribution is -0.114. The molecule has 1 amide bonds. The minimum absolute atomic E-state index is 0.176. The van der Waals surface area contributed by atoms with Gasteiger partial charge in [-0.25, -0.2) is 4.79 Å². The van der Waals surface area contributed by atoms with Crippen molar-refractivity contribution in [2.24, 2.45) is 0 Å². The summed E-state index contributed by atoms with van der Waals surface area (Å²) in [7, 11) is 1.56. The van der Waals surface area contributed by atoms with Gasteiger partial charge < -0.3 is 14.5 Å². The molecule has 0 radical (unpaired) electrons. The van der Waals surface area contributed by atoms with E-state index in [1.807, 2.05) is 0 Å². The predicted octanol–water partition coefficient (Wildman–Crippen LogP) is 1.90. The molecule has 0 atom stereocenters. The van der Waals surface area contributed by atoms with Gasteiger partial charge >= 0.3 is 5.63 Å². The predicted molar refractivity (Wildman–Crippen MR) is 67.5 cm³/mol. The highest BCUT2D eigenvalue weighted by atomic mass is 16.5. The van der Waals surface area contributed by atoms with Gasteiger partial charge in [0.1, 0.15) is 5.58 Å². The normalized spacial score (nSPS) is 10.6.